The van der Waals surface area contributed by atoms with E-state index < -0.39 is 0 Å². The maximum absolute atomic E-state index is 5.76. The molecule has 5 nitrogen and oxygen atoms in total. The lowest BCUT2D eigenvalue weighted by molar-refractivity contribution is 0.497. The van der Waals surface area contributed by atoms with Crippen molar-refractivity contribution >= 4 is 0 Å². The van der Waals surface area contributed by atoms with Crippen molar-refractivity contribution in [1.29, 1.82) is 0 Å². The van der Waals surface area contributed by atoms with Gasteiger partial charge in [0, 0.05) is 13.0 Å². The second kappa shape index (κ2) is 6.63. The van der Waals surface area contributed by atoms with Crippen LogP contribution in [-0.4, -0.2) is 14.8 Å². The number of nitrogens with zero attached hydrogens (tertiary/aromatic N) is 3. The van der Waals surface area contributed by atoms with Crippen molar-refractivity contribution in [2.24, 2.45) is 5.84 Å². The van der Waals surface area contributed by atoms with E-state index in [-0.39, 0.29) is 6.04 Å². The van der Waals surface area contributed by atoms with Crippen LogP contribution in [0.3, 0.4) is 0 Å². The smallest absolute Gasteiger partial charge is 0.138 e. The molecule has 1 heterocycles. The number of nitrogens with two attached hydrogens (primary N) is 1. The molecule has 2 aromatic rings. The number of rotatable bonds is 6. The Bertz CT molecular complexity index is 561. The number of aromatic nitrogens is 3. The predicted octanol–water partition coefficient (Wildman–Crippen LogP) is 2.05. The van der Waals surface area contributed by atoms with Gasteiger partial charge in [-0.15, -0.1) is 0 Å². The number of nitrogens with one attached hydrogen (secondary N) is 1. The average molecular weight is 273 g/mol. The summed E-state index contributed by atoms with van der Waals surface area (Å²) in [5, 5.41) is 4.26. The molecule has 5 heteroatoms. The van der Waals surface area contributed by atoms with Crippen LogP contribution in [0.2, 0.25) is 0 Å². The zero-order valence-corrected chi connectivity index (χ0v) is 12.4. The second-order valence-electron chi connectivity index (χ2n) is 5.11. The first-order chi connectivity index (χ1) is 9.67. The van der Waals surface area contributed by atoms with Crippen LogP contribution in [-0.2, 0) is 13.0 Å². The normalized spacial score (nSPS) is 12.6. The molecule has 0 fully saturated rings. The van der Waals surface area contributed by atoms with Gasteiger partial charge in [0.2, 0.25) is 0 Å². The Hall–Kier alpha value is -1.72. The molecule has 0 aliphatic heterocycles. The van der Waals surface area contributed by atoms with Crippen molar-refractivity contribution in [3.8, 4) is 0 Å². The lowest BCUT2D eigenvalue weighted by atomic mass is 9.96. The predicted molar refractivity (Wildman–Crippen MR) is 80.0 cm³/mol. The fourth-order valence-electron chi connectivity index (χ4n) is 2.44. The van der Waals surface area contributed by atoms with Gasteiger partial charge < -0.3 is 0 Å². The Morgan fingerprint density at radius 2 is 2.15 bits per heavy atom. The lowest BCUT2D eigenvalue weighted by Crippen LogP contribution is -2.31. The van der Waals surface area contributed by atoms with Gasteiger partial charge >= 0.3 is 0 Å². The van der Waals surface area contributed by atoms with E-state index >= 15 is 0 Å². The van der Waals surface area contributed by atoms with Crippen molar-refractivity contribution in [1.82, 2.24) is 20.2 Å². The fourth-order valence-corrected chi connectivity index (χ4v) is 2.44. The minimum absolute atomic E-state index is 0.0507. The molecule has 3 N–H and O–H groups in total. The maximum Gasteiger partial charge on any atom is 0.138 e. The molecule has 1 aromatic heterocycles. The van der Waals surface area contributed by atoms with Crippen LogP contribution in [0.15, 0.2) is 24.5 Å². The van der Waals surface area contributed by atoms with Crippen LogP contribution in [0, 0.1) is 13.8 Å². The summed E-state index contributed by atoms with van der Waals surface area (Å²) in [7, 11) is 0. The molecule has 108 valence electrons. The summed E-state index contributed by atoms with van der Waals surface area (Å²) in [5.74, 6) is 6.73. The summed E-state index contributed by atoms with van der Waals surface area (Å²) < 4.78 is 1.95. The largest absolute Gasteiger partial charge is 0.271 e. The summed E-state index contributed by atoms with van der Waals surface area (Å²) >= 11 is 0. The molecular weight excluding hydrogens is 250 g/mol. The van der Waals surface area contributed by atoms with Crippen molar-refractivity contribution in [3.63, 3.8) is 0 Å². The highest BCUT2D eigenvalue weighted by Crippen LogP contribution is 2.22. The molecule has 0 radical (unpaired) electrons. The number of hydrogen-bond acceptors (Lipinski definition) is 4. The van der Waals surface area contributed by atoms with Gasteiger partial charge in [-0.25, -0.2) is 4.98 Å². The van der Waals surface area contributed by atoms with E-state index in [1.165, 1.54) is 16.7 Å². The number of benzene rings is 1. The van der Waals surface area contributed by atoms with Crippen LogP contribution in [0.4, 0.5) is 0 Å². The molecule has 0 aliphatic carbocycles. The molecule has 1 aromatic carbocycles. The van der Waals surface area contributed by atoms with Crippen LogP contribution in [0.1, 0.15) is 41.9 Å². The monoisotopic (exact) mass is 273 g/mol. The van der Waals surface area contributed by atoms with Crippen molar-refractivity contribution in [3.05, 3.63) is 47.0 Å². The van der Waals surface area contributed by atoms with Crippen molar-refractivity contribution < 1.29 is 0 Å². The SMILES string of the molecule is CCCn1ncnc1CC(NN)c1cccc(C)c1C. The highest BCUT2D eigenvalue weighted by atomic mass is 15.3. The Morgan fingerprint density at radius 3 is 2.85 bits per heavy atom. The molecule has 0 saturated heterocycles. The first-order valence-electron chi connectivity index (χ1n) is 7.06. The lowest BCUT2D eigenvalue weighted by Gasteiger charge is -2.19. The Morgan fingerprint density at radius 1 is 1.35 bits per heavy atom. The minimum atomic E-state index is 0.0507. The molecule has 0 amide bonds. The van der Waals surface area contributed by atoms with Gasteiger partial charge in [-0.1, -0.05) is 25.1 Å². The van der Waals surface area contributed by atoms with Gasteiger partial charge in [-0.2, -0.15) is 5.10 Å². The molecule has 20 heavy (non-hydrogen) atoms. The number of hydrogen-bond donors (Lipinski definition) is 2. The van der Waals surface area contributed by atoms with Gasteiger partial charge in [-0.3, -0.25) is 16.0 Å². The molecule has 0 aliphatic rings. The third kappa shape index (κ3) is 3.05. The van der Waals surface area contributed by atoms with Crippen molar-refractivity contribution in [2.45, 2.75) is 46.2 Å². The Balaban J connectivity index is 2.24. The minimum Gasteiger partial charge on any atom is -0.271 e. The molecule has 0 bridgehead atoms. The maximum atomic E-state index is 5.76. The van der Waals surface area contributed by atoms with Gasteiger partial charge in [-0.05, 0) is 37.0 Å². The molecular formula is C15H23N5. The number of hydrazine groups is 1. The van der Waals surface area contributed by atoms with E-state index in [9.17, 15) is 0 Å². The highest BCUT2D eigenvalue weighted by Gasteiger charge is 2.16. The van der Waals surface area contributed by atoms with Crippen molar-refractivity contribution in [2.75, 3.05) is 0 Å². The average Bonchev–Trinajstić information content (AvgIpc) is 2.87. The summed E-state index contributed by atoms with van der Waals surface area (Å²) in [6.07, 6.45) is 3.39. The molecule has 0 saturated carbocycles. The Kier molecular flexibility index (Phi) is 4.87. The van der Waals surface area contributed by atoms with E-state index in [2.05, 4.69) is 54.5 Å². The fraction of sp³-hybridized carbons (Fsp3) is 0.467. The Labute approximate surface area is 120 Å². The molecule has 0 spiro atoms. The standard InChI is InChI=1S/C15H23N5/c1-4-8-20-15(17-10-18-20)9-14(19-16)13-7-5-6-11(2)12(13)3/h5-7,10,14,19H,4,8-9,16H2,1-3H3. The zero-order valence-electron chi connectivity index (χ0n) is 12.4. The third-order valence-corrected chi connectivity index (χ3v) is 3.74. The zero-order chi connectivity index (χ0) is 14.5. The van der Waals surface area contributed by atoms with E-state index in [1.54, 1.807) is 6.33 Å². The topological polar surface area (TPSA) is 68.8 Å². The second-order valence-corrected chi connectivity index (χ2v) is 5.11. The van der Waals surface area contributed by atoms with Crippen LogP contribution in [0.5, 0.6) is 0 Å². The first-order valence-corrected chi connectivity index (χ1v) is 7.06. The quantitative estimate of drug-likeness (QED) is 0.624. The van der Waals surface area contributed by atoms with E-state index in [4.69, 9.17) is 5.84 Å². The van der Waals surface area contributed by atoms with Gasteiger partial charge in [0.1, 0.15) is 12.2 Å². The molecule has 1 unspecified atom stereocenters. The third-order valence-electron chi connectivity index (χ3n) is 3.74. The molecule has 1 atom stereocenters. The first kappa shape index (κ1) is 14.7. The highest BCUT2D eigenvalue weighted by molar-refractivity contribution is 5.35. The van der Waals surface area contributed by atoms with Gasteiger partial charge in [0.15, 0.2) is 0 Å². The van der Waals surface area contributed by atoms with Crippen LogP contribution >= 0.6 is 0 Å². The van der Waals surface area contributed by atoms with Gasteiger partial charge in [0.25, 0.3) is 0 Å². The van der Waals surface area contributed by atoms with Gasteiger partial charge in [0.05, 0.1) is 6.04 Å². The summed E-state index contributed by atoms with van der Waals surface area (Å²) in [5.41, 5.74) is 6.68. The summed E-state index contributed by atoms with van der Waals surface area (Å²) in [4.78, 5) is 4.36. The number of aryl methyl sites for hydroxylation is 2. The summed E-state index contributed by atoms with van der Waals surface area (Å²) in [6, 6.07) is 6.35. The summed E-state index contributed by atoms with van der Waals surface area (Å²) in [6.45, 7) is 7.27. The molecule has 2 rings (SSSR count). The van der Waals surface area contributed by atoms with Crippen LogP contribution < -0.4 is 11.3 Å². The van der Waals surface area contributed by atoms with E-state index in [1.807, 2.05) is 4.68 Å². The van der Waals surface area contributed by atoms with E-state index in [0.29, 0.717) is 0 Å². The van der Waals surface area contributed by atoms with E-state index in [0.717, 1.165) is 25.2 Å². The van der Waals surface area contributed by atoms with Crippen LogP contribution in [0.25, 0.3) is 0 Å².